The van der Waals surface area contributed by atoms with E-state index >= 15 is 0 Å². The maximum Gasteiger partial charge on any atom is 0.410 e. The van der Waals surface area contributed by atoms with Crippen molar-refractivity contribution < 1.29 is 23.7 Å². The maximum absolute atomic E-state index is 13.4. The van der Waals surface area contributed by atoms with E-state index in [0.717, 1.165) is 44.9 Å². The van der Waals surface area contributed by atoms with Crippen molar-refractivity contribution in [3.05, 3.63) is 61.7 Å². The molecule has 0 aromatic carbocycles. The lowest BCUT2D eigenvalue weighted by atomic mass is 10.1. The molecule has 2 saturated heterocycles. The molecule has 294 valence electrons. The molecule has 0 bridgehead atoms. The van der Waals surface area contributed by atoms with Gasteiger partial charge in [0, 0.05) is 71.2 Å². The second-order valence-corrected chi connectivity index (χ2v) is 16.1. The molecule has 6 aromatic heterocycles. The van der Waals surface area contributed by atoms with Crippen LogP contribution in [0, 0.1) is 0 Å². The van der Waals surface area contributed by atoms with E-state index < -0.39 is 11.2 Å². The van der Waals surface area contributed by atoms with Crippen molar-refractivity contribution >= 4 is 34.6 Å². The van der Waals surface area contributed by atoms with E-state index in [1.54, 1.807) is 25.3 Å². The molecule has 18 heteroatoms. The lowest BCUT2D eigenvalue weighted by Crippen LogP contribution is -2.51. The average molecular weight is 766 g/mol. The minimum atomic E-state index is -0.788. The van der Waals surface area contributed by atoms with Gasteiger partial charge in [-0.15, -0.1) is 14.4 Å². The first-order valence-electron chi connectivity index (χ1n) is 18.9. The van der Waals surface area contributed by atoms with E-state index in [1.807, 2.05) is 118 Å². The SMILES string of the molecule is Cn1cc(-c2cn3ncc(N4CCN(C(=O)OC(C)(C)Cn5cc(-c6ccc7c(N8CCN(C(=O)OC(C)(C)C)CC8)cnn7n6)c[n+]5C)CC4)c3cn2)cn1. The number of carbonyl (C=O) groups excluding carboxylic acids is 2. The molecule has 2 aliphatic heterocycles. The van der Waals surface area contributed by atoms with Crippen LogP contribution in [0.3, 0.4) is 0 Å². The fourth-order valence-electron chi connectivity index (χ4n) is 7.24. The van der Waals surface area contributed by atoms with Gasteiger partial charge in [0.05, 0.1) is 59.8 Å². The quantitative estimate of drug-likeness (QED) is 0.220. The van der Waals surface area contributed by atoms with Gasteiger partial charge in [0.15, 0.2) is 7.05 Å². The molecule has 0 unspecified atom stereocenters. The molecule has 0 radical (unpaired) electrons. The van der Waals surface area contributed by atoms with Gasteiger partial charge in [-0.3, -0.25) is 9.67 Å². The molecule has 18 nitrogen and oxygen atoms in total. The molecule has 2 amide bonds. The van der Waals surface area contributed by atoms with Gasteiger partial charge >= 0.3 is 12.2 Å². The highest BCUT2D eigenvalue weighted by Gasteiger charge is 2.32. The third-order valence-corrected chi connectivity index (χ3v) is 10.1. The van der Waals surface area contributed by atoms with Crippen LogP contribution in [0.5, 0.6) is 0 Å². The van der Waals surface area contributed by atoms with Crippen molar-refractivity contribution in [2.45, 2.75) is 52.4 Å². The minimum Gasteiger partial charge on any atom is -0.444 e. The zero-order valence-corrected chi connectivity index (χ0v) is 33.0. The van der Waals surface area contributed by atoms with Crippen LogP contribution in [0.2, 0.25) is 0 Å². The van der Waals surface area contributed by atoms with Gasteiger partial charge in [0.25, 0.3) is 0 Å². The van der Waals surface area contributed by atoms with E-state index in [9.17, 15) is 9.59 Å². The van der Waals surface area contributed by atoms with Crippen LogP contribution in [0.1, 0.15) is 34.6 Å². The molecule has 0 N–H and O–H groups in total. The van der Waals surface area contributed by atoms with Gasteiger partial charge < -0.3 is 29.1 Å². The molecule has 2 aliphatic rings. The number of rotatable bonds is 7. The summed E-state index contributed by atoms with van der Waals surface area (Å²) in [5.74, 6) is 0. The van der Waals surface area contributed by atoms with Gasteiger partial charge in [-0.05, 0) is 46.8 Å². The van der Waals surface area contributed by atoms with Gasteiger partial charge in [0.2, 0.25) is 6.20 Å². The van der Waals surface area contributed by atoms with E-state index in [0.29, 0.717) is 58.9 Å². The number of anilines is 2. The predicted octanol–water partition coefficient (Wildman–Crippen LogP) is 3.26. The Morgan fingerprint density at radius 3 is 2.00 bits per heavy atom. The molecule has 56 heavy (non-hydrogen) atoms. The topological polar surface area (TPSA) is 153 Å². The molecule has 8 heterocycles. The Kier molecular flexibility index (Phi) is 9.28. The summed E-state index contributed by atoms with van der Waals surface area (Å²) in [6, 6.07) is 4.02. The van der Waals surface area contributed by atoms with Crippen LogP contribution in [-0.4, -0.2) is 129 Å². The van der Waals surface area contributed by atoms with Gasteiger partial charge in [0.1, 0.15) is 34.5 Å². The Labute approximate surface area is 324 Å². The molecular weight excluding hydrogens is 717 g/mol. The van der Waals surface area contributed by atoms with Crippen molar-refractivity contribution in [3.63, 3.8) is 0 Å². The first-order chi connectivity index (χ1) is 26.7. The molecule has 0 atom stereocenters. The number of hydrogen-bond donors (Lipinski definition) is 0. The van der Waals surface area contributed by atoms with Crippen LogP contribution >= 0.6 is 0 Å². The molecule has 2 fully saturated rings. The summed E-state index contributed by atoms with van der Waals surface area (Å²) in [4.78, 5) is 38.6. The minimum absolute atomic E-state index is 0.282. The highest BCUT2D eigenvalue weighted by Crippen LogP contribution is 2.27. The second-order valence-electron chi connectivity index (χ2n) is 16.1. The monoisotopic (exact) mass is 765 g/mol. The Morgan fingerprint density at radius 2 is 1.36 bits per heavy atom. The van der Waals surface area contributed by atoms with E-state index in [1.165, 1.54) is 0 Å². The van der Waals surface area contributed by atoms with Gasteiger partial charge in [-0.2, -0.15) is 20.0 Å². The summed E-state index contributed by atoms with van der Waals surface area (Å²) in [5.41, 5.74) is 5.85. The van der Waals surface area contributed by atoms with E-state index in [2.05, 4.69) is 30.1 Å². The fourth-order valence-corrected chi connectivity index (χ4v) is 7.24. The standard InChI is InChI=1S/C38H49N14O4/c1-37(2,3)55-35(53)48-14-10-46(11-15-48)32-21-42-52-31(32)9-8-29(43-52)28-23-45(7)50(24-28)26-38(4,5)56-36(54)49-16-12-47(13-17-49)33-20-41-51-25-30(39-19-34(33)51)27-18-40-44(6)22-27/h8-9,18-25H,10-17,26H2,1-7H3/q+1. The van der Waals surface area contributed by atoms with Crippen LogP contribution in [0.25, 0.3) is 33.5 Å². The van der Waals surface area contributed by atoms with Crippen molar-refractivity contribution in [1.29, 1.82) is 0 Å². The number of hydrogen-bond acceptors (Lipinski definition) is 11. The number of carbonyl (C=O) groups is 2. The molecular formula is C38H49N14O4+. The second kappa shape index (κ2) is 14.1. The highest BCUT2D eigenvalue weighted by molar-refractivity contribution is 5.76. The van der Waals surface area contributed by atoms with Crippen molar-refractivity contribution in [2.75, 3.05) is 62.2 Å². The summed E-state index contributed by atoms with van der Waals surface area (Å²) in [5, 5.41) is 18.2. The lowest BCUT2D eigenvalue weighted by molar-refractivity contribution is -0.754. The molecule has 0 spiro atoms. The average Bonchev–Trinajstić information content (AvgIpc) is 3.96. The Balaban J connectivity index is 0.860. The first-order valence-corrected chi connectivity index (χ1v) is 18.9. The first kappa shape index (κ1) is 36.8. The Hall–Kier alpha value is -6.20. The normalized spacial score (nSPS) is 15.6. The molecule has 8 rings (SSSR count). The fraction of sp³-hybridized carbons (Fsp3) is 0.474. The van der Waals surface area contributed by atoms with Crippen LogP contribution < -0.4 is 14.5 Å². The summed E-state index contributed by atoms with van der Waals surface area (Å²) in [6.45, 7) is 14.8. The third-order valence-electron chi connectivity index (χ3n) is 10.1. The highest BCUT2D eigenvalue weighted by atomic mass is 16.6. The summed E-state index contributed by atoms with van der Waals surface area (Å²) in [6.07, 6.45) is 14.5. The predicted molar refractivity (Wildman–Crippen MR) is 207 cm³/mol. The molecule has 6 aromatic rings. The number of nitrogens with zero attached hydrogens (tertiary/aromatic N) is 14. The largest absolute Gasteiger partial charge is 0.444 e. The summed E-state index contributed by atoms with van der Waals surface area (Å²) >= 11 is 0. The maximum atomic E-state index is 13.4. The van der Waals surface area contributed by atoms with Crippen LogP contribution in [0.4, 0.5) is 21.0 Å². The molecule has 0 aliphatic carbocycles. The van der Waals surface area contributed by atoms with Crippen molar-refractivity contribution in [3.8, 4) is 22.5 Å². The number of fused-ring (bicyclic) bond motifs is 2. The van der Waals surface area contributed by atoms with E-state index in [-0.39, 0.29) is 12.2 Å². The number of ether oxygens (including phenoxy) is 2. The molecule has 0 saturated carbocycles. The van der Waals surface area contributed by atoms with Crippen LogP contribution in [-0.2, 0) is 30.1 Å². The van der Waals surface area contributed by atoms with Crippen molar-refractivity contribution in [1.82, 2.24) is 53.7 Å². The van der Waals surface area contributed by atoms with Crippen molar-refractivity contribution in [2.24, 2.45) is 14.1 Å². The Bertz CT molecular complexity index is 2390. The third kappa shape index (κ3) is 7.54. The van der Waals surface area contributed by atoms with Gasteiger partial charge in [-0.1, -0.05) is 0 Å². The zero-order chi connectivity index (χ0) is 39.4. The zero-order valence-electron chi connectivity index (χ0n) is 33.0. The number of aromatic nitrogens is 10. The van der Waals surface area contributed by atoms with Crippen LogP contribution in [0.15, 0.2) is 61.7 Å². The summed E-state index contributed by atoms with van der Waals surface area (Å²) < 4.78 is 20.9. The lowest BCUT2D eigenvalue weighted by Gasteiger charge is -2.36. The smallest absolute Gasteiger partial charge is 0.410 e. The van der Waals surface area contributed by atoms with E-state index in [4.69, 9.17) is 14.6 Å². The summed E-state index contributed by atoms with van der Waals surface area (Å²) in [7, 11) is 3.83. The number of amides is 2. The number of aryl methyl sites for hydroxylation is 2. The Morgan fingerprint density at radius 1 is 0.714 bits per heavy atom. The van der Waals surface area contributed by atoms with Gasteiger partial charge in [-0.25, -0.2) is 14.1 Å². The number of piperazine rings is 2.